The first-order chi connectivity index (χ1) is 8.49. The van der Waals surface area contributed by atoms with Gasteiger partial charge in [-0.3, -0.25) is 9.59 Å². The Bertz CT molecular complexity index is 446. The van der Waals surface area contributed by atoms with Crippen molar-refractivity contribution in [3.63, 3.8) is 0 Å². The fraction of sp³-hybridized carbons (Fsp3) is 0.333. The lowest BCUT2D eigenvalue weighted by molar-refractivity contribution is -0.146. The van der Waals surface area contributed by atoms with E-state index in [1.54, 1.807) is 18.2 Å². The summed E-state index contributed by atoms with van der Waals surface area (Å²) in [4.78, 5) is 21.6. The van der Waals surface area contributed by atoms with Gasteiger partial charge in [-0.25, -0.2) is 0 Å². The lowest BCUT2D eigenvalue weighted by Gasteiger charge is -2.07. The number of ether oxygens (including phenoxy) is 2. The standard InChI is InChI=1S/C12H12Cl2O4/c1-8(15)6-12(16)18-5-4-17-9-2-3-10(13)11(14)7-9/h2-3,7H,4-6H2,1H3. The van der Waals surface area contributed by atoms with Crippen LogP contribution in [0.25, 0.3) is 0 Å². The minimum absolute atomic E-state index is 0.0758. The summed E-state index contributed by atoms with van der Waals surface area (Å²) in [5.74, 6) is -0.252. The van der Waals surface area contributed by atoms with Crippen LogP contribution in [-0.4, -0.2) is 25.0 Å². The first-order valence-electron chi connectivity index (χ1n) is 5.22. The molecule has 18 heavy (non-hydrogen) atoms. The summed E-state index contributed by atoms with van der Waals surface area (Å²) in [5, 5.41) is 0.833. The van der Waals surface area contributed by atoms with Crippen LogP contribution in [0.2, 0.25) is 10.0 Å². The molecule has 0 bridgehead atoms. The van der Waals surface area contributed by atoms with Crippen LogP contribution in [0, 0.1) is 0 Å². The van der Waals surface area contributed by atoms with E-state index in [1.165, 1.54) is 6.92 Å². The average molecular weight is 291 g/mol. The van der Waals surface area contributed by atoms with Gasteiger partial charge in [0, 0.05) is 6.07 Å². The molecule has 0 unspecified atom stereocenters. The molecule has 1 aromatic carbocycles. The summed E-state index contributed by atoms with van der Waals surface area (Å²) < 4.78 is 10.1. The summed E-state index contributed by atoms with van der Waals surface area (Å²) in [7, 11) is 0. The van der Waals surface area contributed by atoms with Gasteiger partial charge in [-0.15, -0.1) is 0 Å². The second kappa shape index (κ2) is 7.24. The smallest absolute Gasteiger partial charge is 0.313 e. The van der Waals surface area contributed by atoms with E-state index in [0.717, 1.165) is 0 Å². The molecule has 0 fully saturated rings. The number of rotatable bonds is 6. The fourth-order valence-electron chi connectivity index (χ4n) is 1.14. The Kier molecular flexibility index (Phi) is 5.95. The molecule has 0 aliphatic heterocycles. The molecule has 0 saturated carbocycles. The Balaban J connectivity index is 2.27. The van der Waals surface area contributed by atoms with Gasteiger partial charge in [-0.05, 0) is 19.1 Å². The van der Waals surface area contributed by atoms with E-state index in [1.807, 2.05) is 0 Å². The molecule has 98 valence electrons. The lowest BCUT2D eigenvalue weighted by Crippen LogP contribution is -2.14. The Labute approximate surface area is 115 Å². The number of esters is 1. The van der Waals surface area contributed by atoms with E-state index < -0.39 is 5.97 Å². The van der Waals surface area contributed by atoms with Crippen molar-refractivity contribution in [2.24, 2.45) is 0 Å². The summed E-state index contributed by atoms with van der Waals surface area (Å²) in [5.41, 5.74) is 0. The van der Waals surface area contributed by atoms with Gasteiger partial charge in [-0.1, -0.05) is 23.2 Å². The average Bonchev–Trinajstić information content (AvgIpc) is 2.28. The highest BCUT2D eigenvalue weighted by Crippen LogP contribution is 2.26. The summed E-state index contributed by atoms with van der Waals surface area (Å²) >= 11 is 11.5. The van der Waals surface area contributed by atoms with E-state index >= 15 is 0 Å². The number of carbonyl (C=O) groups excluding carboxylic acids is 2. The predicted molar refractivity (Wildman–Crippen MR) is 68.2 cm³/mol. The van der Waals surface area contributed by atoms with Crippen LogP contribution < -0.4 is 4.74 Å². The van der Waals surface area contributed by atoms with Crippen molar-refractivity contribution in [2.75, 3.05) is 13.2 Å². The molecule has 4 nitrogen and oxygen atoms in total. The molecule has 0 radical (unpaired) electrons. The molecule has 0 aliphatic carbocycles. The van der Waals surface area contributed by atoms with Crippen molar-refractivity contribution < 1.29 is 19.1 Å². The van der Waals surface area contributed by atoms with E-state index in [9.17, 15) is 9.59 Å². The highest BCUT2D eigenvalue weighted by molar-refractivity contribution is 6.42. The number of Topliss-reactive ketones (excluding diaryl/α,β-unsaturated/α-hetero) is 1. The molecule has 1 rings (SSSR count). The molecule has 0 aliphatic rings. The van der Waals surface area contributed by atoms with Crippen LogP contribution in [0.3, 0.4) is 0 Å². The number of carbonyl (C=O) groups is 2. The number of hydrogen-bond acceptors (Lipinski definition) is 4. The zero-order chi connectivity index (χ0) is 13.5. The SMILES string of the molecule is CC(=O)CC(=O)OCCOc1ccc(Cl)c(Cl)c1. The first kappa shape index (κ1) is 14.8. The predicted octanol–water partition coefficient (Wildman–Crippen LogP) is 2.89. The maximum absolute atomic E-state index is 11.0. The van der Waals surface area contributed by atoms with E-state index in [4.69, 9.17) is 32.7 Å². The molecule has 0 spiro atoms. The minimum Gasteiger partial charge on any atom is -0.490 e. The maximum Gasteiger partial charge on any atom is 0.313 e. The van der Waals surface area contributed by atoms with Gasteiger partial charge in [-0.2, -0.15) is 0 Å². The molecule has 0 amide bonds. The number of ketones is 1. The van der Waals surface area contributed by atoms with Crippen LogP contribution in [0.5, 0.6) is 5.75 Å². The van der Waals surface area contributed by atoms with Crippen molar-refractivity contribution in [1.29, 1.82) is 0 Å². The first-order valence-corrected chi connectivity index (χ1v) is 5.97. The normalized spacial score (nSPS) is 9.94. The maximum atomic E-state index is 11.0. The Hall–Kier alpha value is -1.26. The molecule has 6 heteroatoms. The van der Waals surface area contributed by atoms with Gasteiger partial charge in [0.15, 0.2) is 0 Å². The second-order valence-electron chi connectivity index (χ2n) is 3.52. The van der Waals surface area contributed by atoms with Gasteiger partial charge < -0.3 is 9.47 Å². The van der Waals surface area contributed by atoms with Crippen molar-refractivity contribution >= 4 is 35.0 Å². The number of benzene rings is 1. The summed E-state index contributed by atoms with van der Waals surface area (Å²) in [6, 6.07) is 4.84. The van der Waals surface area contributed by atoms with Crippen LogP contribution in [0.1, 0.15) is 13.3 Å². The monoisotopic (exact) mass is 290 g/mol. The fourth-order valence-corrected chi connectivity index (χ4v) is 1.42. The van der Waals surface area contributed by atoms with Crippen molar-refractivity contribution in [2.45, 2.75) is 13.3 Å². The quantitative estimate of drug-likeness (QED) is 0.459. The van der Waals surface area contributed by atoms with Gasteiger partial charge in [0.25, 0.3) is 0 Å². The Morgan fingerprint density at radius 2 is 1.89 bits per heavy atom. The summed E-state index contributed by atoms with van der Waals surface area (Å²) in [6.45, 7) is 1.58. The molecular weight excluding hydrogens is 279 g/mol. The van der Waals surface area contributed by atoms with Crippen LogP contribution >= 0.6 is 23.2 Å². The number of hydrogen-bond donors (Lipinski definition) is 0. The van der Waals surface area contributed by atoms with Gasteiger partial charge in [0.2, 0.25) is 0 Å². The highest BCUT2D eigenvalue weighted by atomic mass is 35.5. The largest absolute Gasteiger partial charge is 0.490 e. The third-order valence-electron chi connectivity index (χ3n) is 1.90. The molecule has 0 N–H and O–H groups in total. The van der Waals surface area contributed by atoms with E-state index in [2.05, 4.69) is 0 Å². The third-order valence-corrected chi connectivity index (χ3v) is 2.64. The van der Waals surface area contributed by atoms with E-state index in [-0.39, 0.29) is 25.4 Å². The lowest BCUT2D eigenvalue weighted by atomic mass is 10.3. The molecule has 0 atom stereocenters. The zero-order valence-electron chi connectivity index (χ0n) is 9.74. The Morgan fingerprint density at radius 1 is 1.17 bits per heavy atom. The van der Waals surface area contributed by atoms with Crippen LogP contribution in [0.4, 0.5) is 0 Å². The van der Waals surface area contributed by atoms with Gasteiger partial charge in [0.05, 0.1) is 10.0 Å². The Morgan fingerprint density at radius 3 is 2.50 bits per heavy atom. The molecule has 0 aromatic heterocycles. The van der Waals surface area contributed by atoms with Crippen molar-refractivity contribution in [1.82, 2.24) is 0 Å². The van der Waals surface area contributed by atoms with E-state index in [0.29, 0.717) is 15.8 Å². The molecular formula is C12H12Cl2O4. The highest BCUT2D eigenvalue weighted by Gasteiger charge is 2.06. The number of halogens is 2. The van der Waals surface area contributed by atoms with Crippen molar-refractivity contribution in [3.05, 3.63) is 28.2 Å². The van der Waals surface area contributed by atoms with Gasteiger partial charge >= 0.3 is 5.97 Å². The van der Waals surface area contributed by atoms with Crippen LogP contribution in [-0.2, 0) is 14.3 Å². The van der Waals surface area contributed by atoms with Crippen LogP contribution in [0.15, 0.2) is 18.2 Å². The van der Waals surface area contributed by atoms with Gasteiger partial charge in [0.1, 0.15) is 31.2 Å². The summed E-state index contributed by atoms with van der Waals surface area (Å²) in [6.07, 6.45) is -0.216. The topological polar surface area (TPSA) is 52.6 Å². The van der Waals surface area contributed by atoms with Crippen molar-refractivity contribution in [3.8, 4) is 5.75 Å². The second-order valence-corrected chi connectivity index (χ2v) is 4.34. The molecule has 0 heterocycles. The molecule has 0 saturated heterocycles. The minimum atomic E-state index is -0.555. The zero-order valence-corrected chi connectivity index (χ0v) is 11.3. The molecule has 1 aromatic rings. The third kappa shape index (κ3) is 5.38.